The standard InChI is InChI=1S/C17H30N2/c1-3-5-7-9-15-12-16(18)10-14(8-6-4-2)11-17(19)13-15/h3,6-9,14-17H,1,4-5,10-13,18-19H2,2H3. The van der Waals surface area contributed by atoms with E-state index in [0.717, 1.165) is 38.5 Å². The molecule has 2 unspecified atom stereocenters. The molecule has 2 atom stereocenters. The van der Waals surface area contributed by atoms with Crippen LogP contribution in [0.25, 0.3) is 0 Å². The summed E-state index contributed by atoms with van der Waals surface area (Å²) in [6.07, 6.45) is 17.2. The SMILES string of the molecule is C=CCC=CC1CC(N)CC(C=CCC)CC(N)C1. The Bertz CT molecular complexity index is 292. The zero-order valence-corrected chi connectivity index (χ0v) is 12.3. The first-order valence-electron chi connectivity index (χ1n) is 7.61. The van der Waals surface area contributed by atoms with Gasteiger partial charge in [0.15, 0.2) is 0 Å². The van der Waals surface area contributed by atoms with Gasteiger partial charge < -0.3 is 11.5 Å². The van der Waals surface area contributed by atoms with Crippen LogP contribution in [0.2, 0.25) is 0 Å². The Labute approximate surface area is 118 Å². The maximum Gasteiger partial charge on any atom is 0.00500 e. The van der Waals surface area contributed by atoms with Gasteiger partial charge in [-0.1, -0.05) is 37.3 Å². The van der Waals surface area contributed by atoms with Crippen molar-refractivity contribution in [3.05, 3.63) is 37.0 Å². The molecule has 1 aliphatic carbocycles. The van der Waals surface area contributed by atoms with Crippen LogP contribution in [0, 0.1) is 11.8 Å². The molecule has 19 heavy (non-hydrogen) atoms. The summed E-state index contributed by atoms with van der Waals surface area (Å²) < 4.78 is 0. The Balaban J connectivity index is 2.58. The largest absolute Gasteiger partial charge is 0.328 e. The molecule has 108 valence electrons. The third kappa shape index (κ3) is 6.74. The maximum atomic E-state index is 6.28. The van der Waals surface area contributed by atoms with Gasteiger partial charge in [0.2, 0.25) is 0 Å². The lowest BCUT2D eigenvalue weighted by Gasteiger charge is -2.29. The Hall–Kier alpha value is -0.860. The Morgan fingerprint density at radius 1 is 0.947 bits per heavy atom. The molecule has 0 spiro atoms. The molecule has 0 bridgehead atoms. The Morgan fingerprint density at radius 2 is 1.42 bits per heavy atom. The quantitative estimate of drug-likeness (QED) is 0.744. The van der Waals surface area contributed by atoms with E-state index in [0.29, 0.717) is 11.8 Å². The zero-order chi connectivity index (χ0) is 14.1. The Morgan fingerprint density at radius 3 is 1.84 bits per heavy atom. The second-order valence-electron chi connectivity index (χ2n) is 5.77. The van der Waals surface area contributed by atoms with Crippen LogP contribution < -0.4 is 11.5 Å². The van der Waals surface area contributed by atoms with Gasteiger partial charge in [-0.2, -0.15) is 0 Å². The average molecular weight is 262 g/mol. The van der Waals surface area contributed by atoms with E-state index in [2.05, 4.69) is 37.8 Å². The van der Waals surface area contributed by atoms with E-state index in [1.54, 1.807) is 0 Å². The third-order valence-corrected chi connectivity index (χ3v) is 3.78. The maximum absolute atomic E-state index is 6.28. The highest BCUT2D eigenvalue weighted by Gasteiger charge is 2.23. The summed E-state index contributed by atoms with van der Waals surface area (Å²) in [6.45, 7) is 5.90. The average Bonchev–Trinajstić information content (AvgIpc) is 2.34. The van der Waals surface area contributed by atoms with Crippen molar-refractivity contribution in [3.63, 3.8) is 0 Å². The van der Waals surface area contributed by atoms with E-state index >= 15 is 0 Å². The van der Waals surface area contributed by atoms with Crippen LogP contribution in [0.3, 0.4) is 0 Å². The summed E-state index contributed by atoms with van der Waals surface area (Å²) in [5, 5.41) is 0. The topological polar surface area (TPSA) is 52.0 Å². The van der Waals surface area contributed by atoms with Crippen molar-refractivity contribution >= 4 is 0 Å². The summed E-state index contributed by atoms with van der Waals surface area (Å²) >= 11 is 0. The van der Waals surface area contributed by atoms with Crippen molar-refractivity contribution in [2.24, 2.45) is 23.3 Å². The number of hydrogen-bond donors (Lipinski definition) is 2. The number of rotatable bonds is 5. The van der Waals surface area contributed by atoms with E-state index < -0.39 is 0 Å². The fraction of sp³-hybridized carbons (Fsp3) is 0.647. The van der Waals surface area contributed by atoms with Crippen molar-refractivity contribution in [1.29, 1.82) is 0 Å². The van der Waals surface area contributed by atoms with Gasteiger partial charge in [-0.3, -0.25) is 0 Å². The molecular weight excluding hydrogens is 232 g/mol. The monoisotopic (exact) mass is 262 g/mol. The lowest BCUT2D eigenvalue weighted by Crippen LogP contribution is -2.35. The van der Waals surface area contributed by atoms with E-state index in [1.807, 2.05) is 6.08 Å². The molecule has 0 amide bonds. The van der Waals surface area contributed by atoms with Crippen molar-refractivity contribution in [3.8, 4) is 0 Å². The van der Waals surface area contributed by atoms with Gasteiger partial charge in [0.1, 0.15) is 0 Å². The molecule has 0 saturated heterocycles. The first-order chi connectivity index (χ1) is 9.15. The minimum Gasteiger partial charge on any atom is -0.328 e. The van der Waals surface area contributed by atoms with Crippen LogP contribution in [-0.4, -0.2) is 12.1 Å². The fourth-order valence-electron chi connectivity index (χ4n) is 2.95. The highest BCUT2D eigenvalue weighted by atomic mass is 14.7. The van der Waals surface area contributed by atoms with Crippen molar-refractivity contribution in [2.45, 2.75) is 57.5 Å². The molecule has 0 heterocycles. The summed E-state index contributed by atoms with van der Waals surface area (Å²) in [5.41, 5.74) is 12.6. The van der Waals surface area contributed by atoms with Gasteiger partial charge in [0.05, 0.1) is 0 Å². The highest BCUT2D eigenvalue weighted by molar-refractivity contribution is 4.99. The molecule has 0 aromatic rings. The van der Waals surface area contributed by atoms with Crippen molar-refractivity contribution in [1.82, 2.24) is 0 Å². The fourth-order valence-corrected chi connectivity index (χ4v) is 2.95. The summed E-state index contributed by atoms with van der Waals surface area (Å²) in [4.78, 5) is 0. The molecule has 0 aromatic carbocycles. The molecule has 2 nitrogen and oxygen atoms in total. The molecule has 4 N–H and O–H groups in total. The molecule has 1 aliphatic rings. The molecule has 2 heteroatoms. The summed E-state index contributed by atoms with van der Waals surface area (Å²) in [7, 11) is 0. The van der Waals surface area contributed by atoms with E-state index in [4.69, 9.17) is 11.5 Å². The molecule has 0 radical (unpaired) electrons. The van der Waals surface area contributed by atoms with Gasteiger partial charge >= 0.3 is 0 Å². The third-order valence-electron chi connectivity index (χ3n) is 3.78. The van der Waals surface area contributed by atoms with Crippen molar-refractivity contribution < 1.29 is 0 Å². The molecule has 1 saturated carbocycles. The molecule has 1 rings (SSSR count). The second kappa shape index (κ2) is 9.11. The van der Waals surface area contributed by atoms with Crippen molar-refractivity contribution in [2.75, 3.05) is 0 Å². The van der Waals surface area contributed by atoms with E-state index in [1.165, 1.54) is 0 Å². The van der Waals surface area contributed by atoms with Crippen LogP contribution in [0.1, 0.15) is 45.4 Å². The predicted molar refractivity (Wildman–Crippen MR) is 84.8 cm³/mol. The van der Waals surface area contributed by atoms with E-state index in [-0.39, 0.29) is 12.1 Å². The number of allylic oxidation sites excluding steroid dienone is 5. The number of nitrogens with two attached hydrogens (primary N) is 2. The zero-order valence-electron chi connectivity index (χ0n) is 12.3. The normalized spacial score (nSPS) is 33.4. The minimum absolute atomic E-state index is 0.289. The minimum atomic E-state index is 0.289. The first kappa shape index (κ1) is 16.2. The molecule has 1 fully saturated rings. The van der Waals surface area contributed by atoms with E-state index in [9.17, 15) is 0 Å². The summed E-state index contributed by atoms with van der Waals surface area (Å²) in [5.74, 6) is 1.09. The lowest BCUT2D eigenvalue weighted by molar-refractivity contribution is 0.323. The predicted octanol–water partition coefficient (Wildman–Crippen LogP) is 3.55. The first-order valence-corrected chi connectivity index (χ1v) is 7.61. The second-order valence-corrected chi connectivity index (χ2v) is 5.77. The summed E-state index contributed by atoms with van der Waals surface area (Å²) in [6, 6.07) is 0.578. The Kier molecular flexibility index (Phi) is 7.76. The molecule has 0 aliphatic heterocycles. The highest BCUT2D eigenvalue weighted by Crippen LogP contribution is 2.27. The van der Waals surface area contributed by atoms with Crippen LogP contribution in [0.4, 0.5) is 0 Å². The van der Waals surface area contributed by atoms with Gasteiger partial charge in [0.25, 0.3) is 0 Å². The van der Waals surface area contributed by atoms with Gasteiger partial charge in [-0.05, 0) is 50.4 Å². The van der Waals surface area contributed by atoms with Gasteiger partial charge in [-0.15, -0.1) is 6.58 Å². The molecular formula is C17H30N2. The van der Waals surface area contributed by atoms with Crippen LogP contribution in [0.15, 0.2) is 37.0 Å². The smallest absolute Gasteiger partial charge is 0.00500 e. The van der Waals surface area contributed by atoms with Crippen LogP contribution in [-0.2, 0) is 0 Å². The van der Waals surface area contributed by atoms with Gasteiger partial charge in [0, 0.05) is 12.1 Å². The van der Waals surface area contributed by atoms with Crippen LogP contribution in [0.5, 0.6) is 0 Å². The lowest BCUT2D eigenvalue weighted by atomic mass is 9.81. The van der Waals surface area contributed by atoms with Crippen LogP contribution >= 0.6 is 0 Å². The molecule has 0 aromatic heterocycles. The van der Waals surface area contributed by atoms with Gasteiger partial charge in [-0.25, -0.2) is 0 Å². The number of hydrogen-bond acceptors (Lipinski definition) is 2.